The standard InChI is InChI=1S/C23H27FN4O3S/c1-3-12-28-22(25-21-7-5-4-6-20(21)23(28)29)17(2)26-13-15-27(16-14-26)32(30,31)19-10-8-18(24)9-11-19/h4-11,17H,3,12-16H2,1-2H3. The van der Waals surface area contributed by atoms with Gasteiger partial charge in [-0.25, -0.2) is 17.8 Å². The van der Waals surface area contributed by atoms with Gasteiger partial charge in [0.2, 0.25) is 10.0 Å². The summed E-state index contributed by atoms with van der Waals surface area (Å²) in [5, 5.41) is 0.604. The van der Waals surface area contributed by atoms with Crippen LogP contribution in [0, 0.1) is 5.82 Å². The predicted molar refractivity (Wildman–Crippen MR) is 121 cm³/mol. The lowest BCUT2D eigenvalue weighted by atomic mass is 10.2. The summed E-state index contributed by atoms with van der Waals surface area (Å²) >= 11 is 0. The SMILES string of the molecule is CCCn1c(C(C)N2CCN(S(=O)(=O)c3ccc(F)cc3)CC2)nc2ccccc2c1=O. The zero-order valence-corrected chi connectivity index (χ0v) is 19.1. The summed E-state index contributed by atoms with van der Waals surface area (Å²) in [7, 11) is -3.68. The average molecular weight is 459 g/mol. The number of aromatic nitrogens is 2. The van der Waals surface area contributed by atoms with E-state index in [4.69, 9.17) is 4.98 Å². The number of rotatable bonds is 6. The van der Waals surface area contributed by atoms with Crippen molar-refractivity contribution in [3.63, 3.8) is 0 Å². The van der Waals surface area contributed by atoms with Crippen LogP contribution in [0.15, 0.2) is 58.2 Å². The van der Waals surface area contributed by atoms with E-state index in [1.165, 1.54) is 16.4 Å². The summed E-state index contributed by atoms with van der Waals surface area (Å²) in [5.74, 6) is 0.231. The van der Waals surface area contributed by atoms with Crippen LogP contribution in [-0.4, -0.2) is 53.4 Å². The van der Waals surface area contributed by atoms with Crippen molar-refractivity contribution in [1.82, 2.24) is 18.8 Å². The van der Waals surface area contributed by atoms with Gasteiger partial charge in [-0.1, -0.05) is 19.1 Å². The van der Waals surface area contributed by atoms with Crippen LogP contribution < -0.4 is 5.56 Å². The van der Waals surface area contributed by atoms with Crippen LogP contribution in [0.4, 0.5) is 4.39 Å². The van der Waals surface area contributed by atoms with E-state index in [0.29, 0.717) is 49.5 Å². The highest BCUT2D eigenvalue weighted by atomic mass is 32.2. The van der Waals surface area contributed by atoms with E-state index < -0.39 is 15.8 Å². The molecule has 1 saturated heterocycles. The molecule has 2 heterocycles. The van der Waals surface area contributed by atoms with Crippen molar-refractivity contribution in [3.05, 3.63) is 70.5 Å². The van der Waals surface area contributed by atoms with Gasteiger partial charge < -0.3 is 0 Å². The van der Waals surface area contributed by atoms with E-state index in [1.807, 2.05) is 32.0 Å². The molecule has 2 aromatic carbocycles. The molecule has 170 valence electrons. The van der Waals surface area contributed by atoms with Crippen molar-refractivity contribution in [3.8, 4) is 0 Å². The molecule has 1 aliphatic heterocycles. The molecule has 0 bridgehead atoms. The highest BCUT2D eigenvalue weighted by molar-refractivity contribution is 7.89. The Morgan fingerprint density at radius 3 is 2.34 bits per heavy atom. The Balaban J connectivity index is 1.56. The third-order valence-corrected chi connectivity index (χ3v) is 7.90. The maximum absolute atomic E-state index is 13.2. The maximum Gasteiger partial charge on any atom is 0.261 e. The fourth-order valence-corrected chi connectivity index (χ4v) is 5.62. The fraction of sp³-hybridized carbons (Fsp3) is 0.391. The first-order valence-electron chi connectivity index (χ1n) is 10.8. The number of benzene rings is 2. The smallest absolute Gasteiger partial charge is 0.261 e. The number of sulfonamides is 1. The molecule has 0 radical (unpaired) electrons. The number of piperazine rings is 1. The highest BCUT2D eigenvalue weighted by Crippen LogP contribution is 2.24. The lowest BCUT2D eigenvalue weighted by Gasteiger charge is -2.37. The molecule has 1 atom stereocenters. The van der Waals surface area contributed by atoms with Crippen molar-refractivity contribution in [2.45, 2.75) is 37.8 Å². The Morgan fingerprint density at radius 1 is 1.03 bits per heavy atom. The second-order valence-electron chi connectivity index (χ2n) is 8.01. The number of para-hydroxylation sites is 1. The Bertz CT molecular complexity index is 1270. The van der Waals surface area contributed by atoms with Gasteiger partial charge in [-0.3, -0.25) is 14.3 Å². The summed E-state index contributed by atoms with van der Waals surface area (Å²) in [6.07, 6.45) is 0.809. The van der Waals surface area contributed by atoms with Gasteiger partial charge in [0.05, 0.1) is 21.8 Å². The quantitative estimate of drug-likeness (QED) is 0.568. The largest absolute Gasteiger partial charge is 0.295 e. The van der Waals surface area contributed by atoms with Crippen molar-refractivity contribution < 1.29 is 12.8 Å². The molecule has 4 rings (SSSR count). The van der Waals surface area contributed by atoms with Crippen molar-refractivity contribution in [2.75, 3.05) is 26.2 Å². The van der Waals surface area contributed by atoms with Gasteiger partial charge in [0.1, 0.15) is 11.6 Å². The van der Waals surface area contributed by atoms with E-state index in [9.17, 15) is 17.6 Å². The molecule has 0 N–H and O–H groups in total. The lowest BCUT2D eigenvalue weighted by Crippen LogP contribution is -2.49. The third kappa shape index (κ3) is 4.20. The molecule has 1 aliphatic rings. The van der Waals surface area contributed by atoms with Gasteiger partial charge in [0.25, 0.3) is 5.56 Å². The summed E-state index contributed by atoms with van der Waals surface area (Å²) < 4.78 is 42.2. The first kappa shape index (κ1) is 22.6. The number of nitrogens with zero attached hydrogens (tertiary/aromatic N) is 4. The van der Waals surface area contributed by atoms with E-state index in [-0.39, 0.29) is 16.5 Å². The minimum Gasteiger partial charge on any atom is -0.295 e. The Kier molecular flexibility index (Phi) is 6.41. The first-order chi connectivity index (χ1) is 15.3. The van der Waals surface area contributed by atoms with Crippen LogP contribution in [0.2, 0.25) is 0 Å². The number of hydrogen-bond acceptors (Lipinski definition) is 5. The zero-order valence-electron chi connectivity index (χ0n) is 18.2. The van der Waals surface area contributed by atoms with Gasteiger partial charge >= 0.3 is 0 Å². The molecule has 1 aromatic heterocycles. The average Bonchev–Trinajstić information content (AvgIpc) is 2.81. The van der Waals surface area contributed by atoms with E-state index in [1.54, 1.807) is 10.6 Å². The molecular weight excluding hydrogens is 431 g/mol. The summed E-state index contributed by atoms with van der Waals surface area (Å²) in [4.78, 5) is 20.1. The minimum absolute atomic E-state index is 0.0446. The molecular formula is C23H27FN4O3S. The molecule has 3 aromatic rings. The van der Waals surface area contributed by atoms with Crippen LogP contribution >= 0.6 is 0 Å². The lowest BCUT2D eigenvalue weighted by molar-refractivity contribution is 0.138. The Morgan fingerprint density at radius 2 is 1.69 bits per heavy atom. The van der Waals surface area contributed by atoms with Crippen molar-refractivity contribution in [2.24, 2.45) is 0 Å². The summed E-state index contributed by atoms with van der Waals surface area (Å²) in [6, 6.07) is 12.1. The molecule has 0 saturated carbocycles. The summed E-state index contributed by atoms with van der Waals surface area (Å²) in [5.41, 5.74) is 0.626. The minimum atomic E-state index is -3.68. The van der Waals surface area contributed by atoms with Gasteiger partial charge in [-0.15, -0.1) is 0 Å². The highest BCUT2D eigenvalue weighted by Gasteiger charge is 2.31. The Labute approximate surface area is 187 Å². The predicted octanol–water partition coefficient (Wildman–Crippen LogP) is 3.01. The van der Waals surface area contributed by atoms with Gasteiger partial charge in [0, 0.05) is 32.7 Å². The molecule has 0 spiro atoms. The van der Waals surface area contributed by atoms with Crippen LogP contribution in [0.1, 0.15) is 32.1 Å². The number of fused-ring (bicyclic) bond motifs is 1. The second kappa shape index (κ2) is 9.09. The third-order valence-electron chi connectivity index (χ3n) is 5.98. The monoisotopic (exact) mass is 458 g/mol. The molecule has 0 aliphatic carbocycles. The van der Waals surface area contributed by atoms with Gasteiger partial charge in [0.15, 0.2) is 0 Å². The number of hydrogen-bond donors (Lipinski definition) is 0. The second-order valence-corrected chi connectivity index (χ2v) is 9.95. The normalized spacial score (nSPS) is 17.0. The zero-order chi connectivity index (χ0) is 22.9. The maximum atomic E-state index is 13.2. The summed E-state index contributed by atoms with van der Waals surface area (Å²) in [6.45, 7) is 6.26. The van der Waals surface area contributed by atoms with Gasteiger partial charge in [-0.05, 0) is 49.7 Å². The number of halogens is 1. The molecule has 7 nitrogen and oxygen atoms in total. The first-order valence-corrected chi connectivity index (χ1v) is 12.3. The van der Waals surface area contributed by atoms with Crippen LogP contribution in [0.3, 0.4) is 0 Å². The molecule has 9 heteroatoms. The fourth-order valence-electron chi connectivity index (χ4n) is 4.19. The van der Waals surface area contributed by atoms with Crippen LogP contribution in [0.5, 0.6) is 0 Å². The van der Waals surface area contributed by atoms with Crippen molar-refractivity contribution >= 4 is 20.9 Å². The topological polar surface area (TPSA) is 75.5 Å². The van der Waals surface area contributed by atoms with Crippen molar-refractivity contribution in [1.29, 1.82) is 0 Å². The van der Waals surface area contributed by atoms with E-state index in [0.717, 1.165) is 18.6 Å². The molecule has 32 heavy (non-hydrogen) atoms. The van der Waals surface area contributed by atoms with Gasteiger partial charge in [-0.2, -0.15) is 4.31 Å². The van der Waals surface area contributed by atoms with Crippen LogP contribution in [0.25, 0.3) is 10.9 Å². The Hall–Kier alpha value is -2.62. The van der Waals surface area contributed by atoms with E-state index >= 15 is 0 Å². The molecule has 0 amide bonds. The van der Waals surface area contributed by atoms with E-state index in [2.05, 4.69) is 4.90 Å². The molecule has 1 unspecified atom stereocenters. The van der Waals surface area contributed by atoms with Crippen LogP contribution in [-0.2, 0) is 16.6 Å². The molecule has 1 fully saturated rings.